The van der Waals surface area contributed by atoms with Crippen molar-refractivity contribution in [1.82, 2.24) is 4.90 Å². The zero-order valence-electron chi connectivity index (χ0n) is 11.1. The van der Waals surface area contributed by atoms with Gasteiger partial charge in [0.05, 0.1) is 13.2 Å². The maximum atomic E-state index is 12.2. The van der Waals surface area contributed by atoms with Gasteiger partial charge in [0.1, 0.15) is 11.4 Å². The molecule has 0 fully saturated rings. The number of nitrogens with zero attached hydrogens (tertiary/aromatic N) is 1. The minimum absolute atomic E-state index is 0.0143. The summed E-state index contributed by atoms with van der Waals surface area (Å²) in [4.78, 5) is 24.4. The summed E-state index contributed by atoms with van der Waals surface area (Å²) in [5.41, 5.74) is 0.280. The summed E-state index contributed by atoms with van der Waals surface area (Å²) in [6.45, 7) is -3.43. The number of rotatable bonds is 6. The molecule has 2 amide bonds. The monoisotopic (exact) mass is 376 g/mol. The van der Waals surface area contributed by atoms with Crippen LogP contribution in [0.1, 0.15) is 0 Å². The summed E-state index contributed by atoms with van der Waals surface area (Å²) in [6.07, 6.45) is 1.08. The van der Waals surface area contributed by atoms with Crippen LogP contribution in [0.2, 0.25) is 0 Å². The van der Waals surface area contributed by atoms with Gasteiger partial charge in [-0.15, -0.1) is 0 Å². The molecule has 6 nitrogen and oxygen atoms in total. The molecule has 0 spiro atoms. The highest BCUT2D eigenvalue weighted by Gasteiger charge is 2.30. The zero-order valence-corrected chi connectivity index (χ0v) is 12.6. The molecule has 1 aliphatic rings. The third kappa shape index (κ3) is 3.80. The molecule has 2 N–H and O–H groups in total. The van der Waals surface area contributed by atoms with Crippen LogP contribution in [-0.2, 0) is 9.59 Å². The highest BCUT2D eigenvalue weighted by molar-refractivity contribution is 9.10. The highest BCUT2D eigenvalue weighted by Crippen LogP contribution is 2.27. The van der Waals surface area contributed by atoms with E-state index < -0.39 is 18.4 Å². The van der Waals surface area contributed by atoms with Crippen LogP contribution in [0.15, 0.2) is 34.4 Å². The number of carbonyl (C=O) groups is 2. The van der Waals surface area contributed by atoms with Crippen LogP contribution in [0.25, 0.3) is 0 Å². The molecule has 9 heteroatoms. The average molecular weight is 377 g/mol. The quantitative estimate of drug-likeness (QED) is 0.738. The average Bonchev–Trinajstić information content (AvgIpc) is 2.65. The molecule has 0 saturated heterocycles. The number of hydrogen-bond acceptors (Lipinski definition) is 5. The molecule has 0 unspecified atom stereocenters. The minimum atomic E-state index is -2.98. The molecule has 118 valence electrons. The number of ether oxygens (including phenoxy) is 1. The fourth-order valence-electron chi connectivity index (χ4n) is 1.87. The van der Waals surface area contributed by atoms with Crippen molar-refractivity contribution in [2.75, 3.05) is 18.5 Å². The number of alkyl halides is 2. The van der Waals surface area contributed by atoms with Crippen molar-refractivity contribution < 1.29 is 28.2 Å². The van der Waals surface area contributed by atoms with Gasteiger partial charge in [-0.2, -0.15) is 8.78 Å². The Balaban J connectivity index is 2.17. The molecule has 0 aliphatic carbocycles. The summed E-state index contributed by atoms with van der Waals surface area (Å²) < 4.78 is 29.2. The summed E-state index contributed by atoms with van der Waals surface area (Å²) in [7, 11) is 0. The predicted octanol–water partition coefficient (Wildman–Crippen LogP) is 1.71. The second-order valence-electron chi connectivity index (χ2n) is 4.26. The fourth-order valence-corrected chi connectivity index (χ4v) is 2.34. The highest BCUT2D eigenvalue weighted by atomic mass is 79.9. The van der Waals surface area contributed by atoms with Gasteiger partial charge in [-0.3, -0.25) is 14.5 Å². The summed E-state index contributed by atoms with van der Waals surface area (Å²) in [5.74, 6) is -1.26. The second-order valence-corrected chi connectivity index (χ2v) is 5.17. The van der Waals surface area contributed by atoms with Gasteiger partial charge in [-0.25, -0.2) is 0 Å². The van der Waals surface area contributed by atoms with Crippen molar-refractivity contribution in [3.8, 4) is 5.75 Å². The molecule has 22 heavy (non-hydrogen) atoms. The van der Waals surface area contributed by atoms with Crippen LogP contribution < -0.4 is 10.1 Å². The lowest BCUT2D eigenvalue weighted by atomic mass is 10.3. The van der Waals surface area contributed by atoms with E-state index in [1.807, 2.05) is 0 Å². The lowest BCUT2D eigenvalue weighted by Gasteiger charge is -2.14. The van der Waals surface area contributed by atoms with Crippen LogP contribution in [0.4, 0.5) is 14.5 Å². The molecule has 1 aliphatic heterocycles. The van der Waals surface area contributed by atoms with Gasteiger partial charge in [-0.1, -0.05) is 15.9 Å². The Morgan fingerprint density at radius 3 is 2.68 bits per heavy atom. The maximum Gasteiger partial charge on any atom is 0.387 e. The largest absolute Gasteiger partial charge is 0.435 e. The van der Waals surface area contributed by atoms with E-state index >= 15 is 0 Å². The number of aliphatic hydroxyl groups excluding tert-OH is 1. The van der Waals surface area contributed by atoms with Gasteiger partial charge in [0.25, 0.3) is 11.8 Å². The van der Waals surface area contributed by atoms with E-state index in [0.29, 0.717) is 10.2 Å². The Morgan fingerprint density at radius 2 is 2.05 bits per heavy atom. The molecule has 1 aromatic rings. The number of imide groups is 1. The molecule has 0 radical (unpaired) electrons. The van der Waals surface area contributed by atoms with E-state index in [2.05, 4.69) is 26.0 Å². The normalized spacial score (nSPS) is 14.6. The maximum absolute atomic E-state index is 12.2. The summed E-state index contributed by atoms with van der Waals surface area (Å²) in [5, 5.41) is 11.5. The number of halogens is 3. The SMILES string of the molecule is O=C1C=C(Nc2cc(Br)cc(OC(F)F)c2)C(=O)N1CCO. The smallest absolute Gasteiger partial charge is 0.387 e. The van der Waals surface area contributed by atoms with E-state index in [-0.39, 0.29) is 24.6 Å². The van der Waals surface area contributed by atoms with Gasteiger partial charge < -0.3 is 15.2 Å². The molecular formula is C13H11BrF2N2O4. The van der Waals surface area contributed by atoms with Gasteiger partial charge in [0.2, 0.25) is 0 Å². The molecule has 0 bridgehead atoms. The van der Waals surface area contributed by atoms with Crippen molar-refractivity contribution in [3.05, 3.63) is 34.4 Å². The zero-order chi connectivity index (χ0) is 16.3. The number of hydrogen-bond donors (Lipinski definition) is 2. The van der Waals surface area contributed by atoms with Crippen molar-refractivity contribution in [2.45, 2.75) is 6.61 Å². The van der Waals surface area contributed by atoms with Crippen molar-refractivity contribution in [3.63, 3.8) is 0 Å². The number of amides is 2. The van der Waals surface area contributed by atoms with Crippen molar-refractivity contribution >= 4 is 33.4 Å². The lowest BCUT2D eigenvalue weighted by molar-refractivity contribution is -0.137. The number of carbonyl (C=O) groups excluding carboxylic acids is 2. The van der Waals surface area contributed by atoms with Crippen LogP contribution in [0.5, 0.6) is 5.75 Å². The molecule has 0 aromatic heterocycles. The molecular weight excluding hydrogens is 366 g/mol. The first kappa shape index (κ1) is 16.4. The topological polar surface area (TPSA) is 78.9 Å². The number of aliphatic hydroxyl groups is 1. The molecule has 1 aromatic carbocycles. The molecule has 0 atom stereocenters. The molecule has 0 saturated carbocycles. The fraction of sp³-hybridized carbons (Fsp3) is 0.231. The van der Waals surface area contributed by atoms with E-state index in [1.54, 1.807) is 0 Å². The number of nitrogens with one attached hydrogen (secondary N) is 1. The Labute approximate surface area is 132 Å². The second kappa shape index (κ2) is 6.84. The summed E-state index contributed by atoms with van der Waals surface area (Å²) >= 11 is 3.14. The van der Waals surface area contributed by atoms with E-state index in [4.69, 9.17) is 5.11 Å². The number of β-amino-alcohol motifs (C(OH)–C–C–N with tert-alkyl or cyclic N) is 1. The third-order valence-corrected chi connectivity index (χ3v) is 3.17. The third-order valence-electron chi connectivity index (χ3n) is 2.71. The Bertz CT molecular complexity index is 636. The van der Waals surface area contributed by atoms with E-state index in [0.717, 1.165) is 11.0 Å². The first-order valence-electron chi connectivity index (χ1n) is 6.11. The standard InChI is InChI=1S/C13H11BrF2N2O4/c14-7-3-8(5-9(4-7)22-13(15)16)17-10-6-11(20)18(1-2-19)12(10)21/h3-6,13,17,19H,1-2H2. The van der Waals surface area contributed by atoms with Crippen molar-refractivity contribution in [1.29, 1.82) is 0 Å². The number of anilines is 1. The van der Waals surface area contributed by atoms with Crippen LogP contribution in [0.3, 0.4) is 0 Å². The van der Waals surface area contributed by atoms with E-state index in [9.17, 15) is 18.4 Å². The van der Waals surface area contributed by atoms with Crippen LogP contribution >= 0.6 is 15.9 Å². The lowest BCUT2D eigenvalue weighted by Crippen LogP contribution is -2.34. The first-order valence-corrected chi connectivity index (χ1v) is 6.91. The predicted molar refractivity (Wildman–Crippen MR) is 76.3 cm³/mol. The first-order chi connectivity index (χ1) is 10.4. The molecule has 2 rings (SSSR count). The van der Waals surface area contributed by atoms with Gasteiger partial charge >= 0.3 is 6.61 Å². The Morgan fingerprint density at radius 1 is 1.32 bits per heavy atom. The Hall–Kier alpha value is -2.00. The van der Waals surface area contributed by atoms with Gasteiger partial charge in [-0.05, 0) is 12.1 Å². The number of benzene rings is 1. The summed E-state index contributed by atoms with van der Waals surface area (Å²) in [6, 6.07) is 4.14. The van der Waals surface area contributed by atoms with Gasteiger partial charge in [0.15, 0.2) is 0 Å². The van der Waals surface area contributed by atoms with Gasteiger partial charge in [0, 0.05) is 22.3 Å². The Kier molecular flexibility index (Phi) is 5.09. The van der Waals surface area contributed by atoms with Crippen LogP contribution in [0, 0.1) is 0 Å². The molecule has 1 heterocycles. The van der Waals surface area contributed by atoms with Crippen molar-refractivity contribution in [2.24, 2.45) is 0 Å². The van der Waals surface area contributed by atoms with E-state index in [1.165, 1.54) is 18.2 Å². The van der Waals surface area contributed by atoms with Crippen LogP contribution in [-0.4, -0.2) is 41.6 Å². The minimum Gasteiger partial charge on any atom is -0.435 e.